The van der Waals surface area contributed by atoms with Crippen molar-refractivity contribution in [2.75, 3.05) is 7.11 Å². The van der Waals surface area contributed by atoms with E-state index >= 15 is 0 Å². The molecule has 1 aliphatic carbocycles. The molecule has 0 radical (unpaired) electrons. The summed E-state index contributed by atoms with van der Waals surface area (Å²) in [6.45, 7) is 3.81. The molecule has 0 amide bonds. The number of hydrogen-bond donors (Lipinski definition) is 0. The van der Waals surface area contributed by atoms with Gasteiger partial charge in [-0.05, 0) is 32.1 Å². The minimum Gasteiger partial charge on any atom is -0.469 e. The molecule has 0 aromatic heterocycles. The first-order chi connectivity index (χ1) is 8.23. The van der Waals surface area contributed by atoms with E-state index in [4.69, 9.17) is 9.47 Å². The zero-order valence-corrected chi connectivity index (χ0v) is 10.6. The molecule has 96 valence electrons. The topological polar surface area (TPSA) is 35.5 Å². The Hall–Kier alpha value is -0.830. The molecule has 2 aliphatic rings. The molecule has 3 heteroatoms. The van der Waals surface area contributed by atoms with Crippen LogP contribution in [0.2, 0.25) is 0 Å². The number of fused-ring (bicyclic) bond motifs is 1. The third-order valence-corrected chi connectivity index (χ3v) is 4.26. The van der Waals surface area contributed by atoms with E-state index in [1.807, 2.05) is 6.08 Å². The van der Waals surface area contributed by atoms with Gasteiger partial charge in [0.15, 0.2) is 0 Å². The van der Waals surface area contributed by atoms with Gasteiger partial charge in [-0.2, -0.15) is 0 Å². The predicted molar refractivity (Wildman–Crippen MR) is 65.6 cm³/mol. The van der Waals surface area contributed by atoms with Crippen molar-refractivity contribution in [2.45, 2.75) is 57.2 Å². The van der Waals surface area contributed by atoms with E-state index in [0.717, 1.165) is 44.9 Å². The second-order valence-corrected chi connectivity index (χ2v) is 5.18. The maximum absolute atomic E-state index is 12.1. The molecule has 17 heavy (non-hydrogen) atoms. The van der Waals surface area contributed by atoms with Gasteiger partial charge in [0.05, 0.1) is 24.7 Å². The Labute approximate surface area is 103 Å². The highest BCUT2D eigenvalue weighted by molar-refractivity contribution is 5.77. The molecule has 1 saturated carbocycles. The fourth-order valence-corrected chi connectivity index (χ4v) is 3.30. The average molecular weight is 238 g/mol. The maximum Gasteiger partial charge on any atom is 0.314 e. The fraction of sp³-hybridized carbons (Fsp3) is 0.786. The van der Waals surface area contributed by atoms with Crippen molar-refractivity contribution in [3.05, 3.63) is 12.7 Å². The first-order valence-electron chi connectivity index (χ1n) is 6.59. The van der Waals surface area contributed by atoms with E-state index < -0.39 is 0 Å². The van der Waals surface area contributed by atoms with Crippen LogP contribution in [0.15, 0.2) is 12.7 Å². The molecule has 3 nitrogen and oxygen atoms in total. The van der Waals surface area contributed by atoms with Gasteiger partial charge >= 0.3 is 5.97 Å². The smallest absolute Gasteiger partial charge is 0.314 e. The third-order valence-electron chi connectivity index (χ3n) is 4.26. The summed E-state index contributed by atoms with van der Waals surface area (Å²) in [5.41, 5.74) is -0.384. The van der Waals surface area contributed by atoms with Crippen molar-refractivity contribution in [2.24, 2.45) is 5.41 Å². The molecule has 3 atom stereocenters. The minimum absolute atomic E-state index is 0.0224. The number of carbonyl (C=O) groups excluding carboxylic acids is 1. The first-order valence-corrected chi connectivity index (χ1v) is 6.59. The van der Waals surface area contributed by atoms with Crippen LogP contribution >= 0.6 is 0 Å². The molecule has 1 aliphatic heterocycles. The Balaban J connectivity index is 2.24. The molecular weight excluding hydrogens is 216 g/mol. The van der Waals surface area contributed by atoms with Crippen molar-refractivity contribution in [1.82, 2.24) is 0 Å². The molecule has 0 spiro atoms. The van der Waals surface area contributed by atoms with Crippen molar-refractivity contribution in [1.29, 1.82) is 0 Å². The maximum atomic E-state index is 12.1. The van der Waals surface area contributed by atoms with Gasteiger partial charge in [0.1, 0.15) is 0 Å². The highest BCUT2D eigenvalue weighted by atomic mass is 16.5. The van der Waals surface area contributed by atoms with Crippen molar-refractivity contribution in [3.8, 4) is 0 Å². The summed E-state index contributed by atoms with van der Waals surface area (Å²) in [6.07, 6.45) is 9.01. The number of ether oxygens (including phenoxy) is 2. The van der Waals surface area contributed by atoms with Crippen LogP contribution in [-0.2, 0) is 14.3 Å². The Morgan fingerprint density at radius 2 is 2.12 bits per heavy atom. The van der Waals surface area contributed by atoms with Gasteiger partial charge in [0.25, 0.3) is 0 Å². The molecular formula is C14H22O3. The normalized spacial score (nSPS) is 37.7. The van der Waals surface area contributed by atoms with E-state index in [0.29, 0.717) is 0 Å². The number of esters is 1. The van der Waals surface area contributed by atoms with Crippen LogP contribution < -0.4 is 0 Å². The molecule has 0 N–H and O–H groups in total. The summed E-state index contributed by atoms with van der Waals surface area (Å²) in [4.78, 5) is 12.1. The fourth-order valence-electron chi connectivity index (χ4n) is 3.30. The number of methoxy groups -OCH3 is 1. The largest absolute Gasteiger partial charge is 0.469 e. The molecule has 1 heterocycles. The summed E-state index contributed by atoms with van der Waals surface area (Å²) in [5, 5.41) is 0. The zero-order chi connectivity index (χ0) is 12.3. The SMILES string of the molecule is C=CC1CCCC2(C(=O)OC)CCCCC2O1. The van der Waals surface area contributed by atoms with Crippen molar-refractivity contribution >= 4 is 5.97 Å². The minimum atomic E-state index is -0.384. The first kappa shape index (κ1) is 12.6. The van der Waals surface area contributed by atoms with Crippen molar-refractivity contribution in [3.63, 3.8) is 0 Å². The van der Waals surface area contributed by atoms with Gasteiger partial charge in [-0.25, -0.2) is 0 Å². The van der Waals surface area contributed by atoms with Crippen LogP contribution in [0.1, 0.15) is 44.9 Å². The second-order valence-electron chi connectivity index (χ2n) is 5.18. The van der Waals surface area contributed by atoms with Crippen LogP contribution in [0.3, 0.4) is 0 Å². The van der Waals surface area contributed by atoms with Crippen LogP contribution in [0, 0.1) is 5.41 Å². The summed E-state index contributed by atoms with van der Waals surface area (Å²) >= 11 is 0. The van der Waals surface area contributed by atoms with Crippen LogP contribution in [0.5, 0.6) is 0 Å². The van der Waals surface area contributed by atoms with Gasteiger partial charge in [0.2, 0.25) is 0 Å². The summed E-state index contributed by atoms with van der Waals surface area (Å²) in [6, 6.07) is 0. The second kappa shape index (κ2) is 5.21. The third kappa shape index (κ3) is 2.25. The highest BCUT2D eigenvalue weighted by Crippen LogP contribution is 2.46. The molecule has 2 fully saturated rings. The lowest BCUT2D eigenvalue weighted by atomic mass is 9.69. The summed E-state index contributed by atoms with van der Waals surface area (Å²) in [5.74, 6) is -0.0769. The van der Waals surface area contributed by atoms with E-state index in [2.05, 4.69) is 6.58 Å². The van der Waals surface area contributed by atoms with Gasteiger partial charge in [-0.15, -0.1) is 6.58 Å². The predicted octanol–water partition coefficient (Wildman–Crippen LogP) is 2.84. The van der Waals surface area contributed by atoms with Crippen LogP contribution in [0.25, 0.3) is 0 Å². The Morgan fingerprint density at radius 1 is 1.35 bits per heavy atom. The number of rotatable bonds is 2. The van der Waals surface area contributed by atoms with Crippen LogP contribution in [-0.4, -0.2) is 25.3 Å². The molecule has 0 bridgehead atoms. The van der Waals surface area contributed by atoms with Crippen LogP contribution in [0.4, 0.5) is 0 Å². The Morgan fingerprint density at radius 3 is 2.82 bits per heavy atom. The highest BCUT2D eigenvalue weighted by Gasteiger charge is 2.50. The lowest BCUT2D eigenvalue weighted by Gasteiger charge is -2.40. The number of carbonyl (C=O) groups is 1. The van der Waals surface area contributed by atoms with Gasteiger partial charge in [-0.1, -0.05) is 18.9 Å². The molecule has 1 saturated heterocycles. The number of hydrogen-bond acceptors (Lipinski definition) is 3. The summed E-state index contributed by atoms with van der Waals surface area (Å²) in [7, 11) is 1.48. The van der Waals surface area contributed by atoms with Gasteiger partial charge in [-0.3, -0.25) is 4.79 Å². The standard InChI is InChI=1S/C14H22O3/c1-3-11-7-6-10-14(13(15)16-2)9-5-4-8-12(14)17-11/h3,11-12H,1,4-10H2,2H3. The van der Waals surface area contributed by atoms with Crippen molar-refractivity contribution < 1.29 is 14.3 Å². The molecule has 3 unspecified atom stereocenters. The Kier molecular flexibility index (Phi) is 3.87. The molecule has 2 rings (SSSR count). The molecule has 0 aromatic rings. The lowest BCUT2D eigenvalue weighted by molar-refractivity contribution is -0.169. The average Bonchev–Trinajstić information content (AvgIpc) is 2.57. The Bertz CT molecular complexity index is 300. The quantitative estimate of drug-likeness (QED) is 0.548. The van der Waals surface area contributed by atoms with E-state index in [1.165, 1.54) is 7.11 Å². The van der Waals surface area contributed by atoms with Gasteiger partial charge in [0, 0.05) is 0 Å². The van der Waals surface area contributed by atoms with E-state index in [9.17, 15) is 4.79 Å². The van der Waals surface area contributed by atoms with Gasteiger partial charge < -0.3 is 9.47 Å². The van der Waals surface area contributed by atoms with E-state index in [-0.39, 0.29) is 23.6 Å². The monoisotopic (exact) mass is 238 g/mol. The zero-order valence-electron chi connectivity index (χ0n) is 10.6. The summed E-state index contributed by atoms with van der Waals surface area (Å²) < 4.78 is 11.1. The molecule has 0 aromatic carbocycles. The lowest BCUT2D eigenvalue weighted by Crippen LogP contribution is -2.46. The van der Waals surface area contributed by atoms with E-state index in [1.54, 1.807) is 0 Å².